The third-order valence-corrected chi connectivity index (χ3v) is 2.07. The molecule has 0 aromatic heterocycles. The van der Waals surface area contributed by atoms with Crippen LogP contribution in [0.25, 0.3) is 0 Å². The topological polar surface area (TPSA) is 12.0 Å². The number of hydrogen-bond acceptors (Lipinski definition) is 1. The summed E-state index contributed by atoms with van der Waals surface area (Å²) < 4.78 is 0. The summed E-state index contributed by atoms with van der Waals surface area (Å²) in [5, 5.41) is 3.11. The van der Waals surface area contributed by atoms with Crippen LogP contribution in [0.15, 0.2) is 24.3 Å². The Kier molecular flexibility index (Phi) is 6.78. The van der Waals surface area contributed by atoms with Gasteiger partial charge in [-0.1, -0.05) is 39.0 Å². The van der Waals surface area contributed by atoms with Crippen molar-refractivity contribution in [3.63, 3.8) is 0 Å². The number of likely N-dealkylation sites (N-methyl/N-ethyl adjacent to an activating group) is 1. The smallest absolute Gasteiger partial charge is 0.0137 e. The summed E-state index contributed by atoms with van der Waals surface area (Å²) in [6.07, 6.45) is 6.68. The molecule has 0 aromatic carbocycles. The molecule has 0 fully saturated rings. The van der Waals surface area contributed by atoms with Crippen LogP contribution in [-0.2, 0) is 0 Å². The highest BCUT2D eigenvalue weighted by molar-refractivity contribution is 5.19. The highest BCUT2D eigenvalue weighted by Gasteiger charge is 2.02. The van der Waals surface area contributed by atoms with Gasteiger partial charge in [0.15, 0.2) is 0 Å². The monoisotopic (exact) mass is 167 g/mol. The number of rotatable bonds is 6. The van der Waals surface area contributed by atoms with Crippen molar-refractivity contribution in [2.45, 2.75) is 26.7 Å². The van der Waals surface area contributed by atoms with Crippen molar-refractivity contribution in [3.05, 3.63) is 24.3 Å². The van der Waals surface area contributed by atoms with Crippen LogP contribution in [0.5, 0.6) is 0 Å². The van der Waals surface area contributed by atoms with Gasteiger partial charge in [0.2, 0.25) is 0 Å². The maximum atomic E-state index is 3.82. The molecule has 70 valence electrons. The summed E-state index contributed by atoms with van der Waals surface area (Å²) in [4.78, 5) is 0. The van der Waals surface area contributed by atoms with Crippen LogP contribution in [0.1, 0.15) is 26.7 Å². The minimum atomic E-state index is 0.654. The number of allylic oxidation sites excluding steroid dienone is 2. The van der Waals surface area contributed by atoms with Gasteiger partial charge in [-0.05, 0) is 25.0 Å². The summed E-state index contributed by atoms with van der Waals surface area (Å²) in [6.45, 7) is 9.24. The first-order valence-corrected chi connectivity index (χ1v) is 4.73. The van der Waals surface area contributed by atoms with E-state index >= 15 is 0 Å². The Balaban J connectivity index is 4.03. The van der Waals surface area contributed by atoms with E-state index in [1.54, 1.807) is 0 Å². The highest BCUT2D eigenvalue weighted by atomic mass is 14.8. The van der Waals surface area contributed by atoms with Crippen molar-refractivity contribution in [2.75, 3.05) is 13.6 Å². The minimum Gasteiger partial charge on any atom is -0.316 e. The Labute approximate surface area is 76.6 Å². The molecule has 0 heterocycles. The molecular formula is C11H21N. The zero-order chi connectivity index (χ0) is 9.40. The Morgan fingerprint density at radius 3 is 2.67 bits per heavy atom. The zero-order valence-electron chi connectivity index (χ0n) is 8.56. The first-order valence-electron chi connectivity index (χ1n) is 4.73. The van der Waals surface area contributed by atoms with Crippen molar-refractivity contribution in [1.29, 1.82) is 0 Å². The molecule has 1 atom stereocenters. The molecule has 0 aromatic rings. The normalized spacial score (nSPS) is 14.4. The lowest BCUT2D eigenvalue weighted by Gasteiger charge is -2.11. The van der Waals surface area contributed by atoms with Crippen LogP contribution < -0.4 is 5.32 Å². The maximum Gasteiger partial charge on any atom is 0.0137 e. The molecule has 0 aliphatic carbocycles. The zero-order valence-corrected chi connectivity index (χ0v) is 8.56. The van der Waals surface area contributed by atoms with Gasteiger partial charge in [-0.2, -0.15) is 0 Å². The van der Waals surface area contributed by atoms with Gasteiger partial charge in [0.05, 0.1) is 0 Å². The Morgan fingerprint density at radius 2 is 2.25 bits per heavy atom. The molecule has 0 aliphatic rings. The first kappa shape index (κ1) is 11.4. The Hall–Kier alpha value is -0.560. The van der Waals surface area contributed by atoms with Gasteiger partial charge in [-0.15, -0.1) is 0 Å². The highest BCUT2D eigenvalue weighted by Crippen LogP contribution is 2.16. The summed E-state index contributed by atoms with van der Waals surface area (Å²) >= 11 is 0. The van der Waals surface area contributed by atoms with E-state index in [1.165, 1.54) is 18.4 Å². The predicted octanol–water partition coefficient (Wildman–Crippen LogP) is 2.75. The minimum absolute atomic E-state index is 0.654. The molecule has 1 unspecified atom stereocenters. The van der Waals surface area contributed by atoms with E-state index in [-0.39, 0.29) is 0 Å². The Bertz CT molecular complexity index is 147. The molecule has 0 rings (SSSR count). The Morgan fingerprint density at radius 1 is 1.58 bits per heavy atom. The molecule has 0 aliphatic heterocycles. The molecule has 0 saturated heterocycles. The predicted molar refractivity (Wildman–Crippen MR) is 56.3 cm³/mol. The summed E-state index contributed by atoms with van der Waals surface area (Å²) in [7, 11) is 1.96. The standard InChI is InChI=1S/C11H21N/c1-5-7-10(3)11(6-2)8-9-12-4/h6,8,10,12H,2,5,7,9H2,1,3-4H3/b11-8+. The fourth-order valence-corrected chi connectivity index (χ4v) is 1.31. The lowest BCUT2D eigenvalue weighted by atomic mass is 9.96. The second-order valence-corrected chi connectivity index (χ2v) is 3.16. The lowest BCUT2D eigenvalue weighted by Crippen LogP contribution is -2.07. The largest absolute Gasteiger partial charge is 0.316 e. The molecule has 0 amide bonds. The van der Waals surface area contributed by atoms with Gasteiger partial charge in [0.25, 0.3) is 0 Å². The van der Waals surface area contributed by atoms with Gasteiger partial charge in [-0.3, -0.25) is 0 Å². The maximum absolute atomic E-state index is 3.82. The van der Waals surface area contributed by atoms with Crippen molar-refractivity contribution in [2.24, 2.45) is 5.92 Å². The van der Waals surface area contributed by atoms with Gasteiger partial charge < -0.3 is 5.32 Å². The average Bonchev–Trinajstić information content (AvgIpc) is 2.06. The quantitative estimate of drug-likeness (QED) is 0.600. The third-order valence-electron chi connectivity index (χ3n) is 2.07. The van der Waals surface area contributed by atoms with Gasteiger partial charge >= 0.3 is 0 Å². The van der Waals surface area contributed by atoms with E-state index in [2.05, 4.69) is 31.8 Å². The summed E-state index contributed by atoms with van der Waals surface area (Å²) in [5.74, 6) is 0.654. The van der Waals surface area contributed by atoms with Crippen LogP contribution in [-0.4, -0.2) is 13.6 Å². The van der Waals surface area contributed by atoms with Crippen molar-refractivity contribution in [3.8, 4) is 0 Å². The second-order valence-electron chi connectivity index (χ2n) is 3.16. The van der Waals surface area contributed by atoms with Crippen molar-refractivity contribution < 1.29 is 0 Å². The number of nitrogens with one attached hydrogen (secondary N) is 1. The van der Waals surface area contributed by atoms with Gasteiger partial charge in [-0.25, -0.2) is 0 Å². The number of hydrogen-bond donors (Lipinski definition) is 1. The SMILES string of the molecule is C=C/C(=C\CNC)C(C)CCC. The lowest BCUT2D eigenvalue weighted by molar-refractivity contribution is 0.610. The molecule has 1 nitrogen and oxygen atoms in total. The average molecular weight is 167 g/mol. The van der Waals surface area contributed by atoms with E-state index in [0.717, 1.165) is 6.54 Å². The molecule has 0 radical (unpaired) electrons. The van der Waals surface area contributed by atoms with E-state index in [0.29, 0.717) is 5.92 Å². The molecule has 0 spiro atoms. The molecule has 12 heavy (non-hydrogen) atoms. The van der Waals surface area contributed by atoms with E-state index in [4.69, 9.17) is 0 Å². The van der Waals surface area contributed by atoms with Gasteiger partial charge in [0, 0.05) is 6.54 Å². The second kappa shape index (κ2) is 7.11. The molecule has 0 bridgehead atoms. The fraction of sp³-hybridized carbons (Fsp3) is 0.636. The first-order chi connectivity index (χ1) is 5.76. The van der Waals surface area contributed by atoms with Gasteiger partial charge in [0.1, 0.15) is 0 Å². The van der Waals surface area contributed by atoms with Crippen LogP contribution in [0.3, 0.4) is 0 Å². The van der Waals surface area contributed by atoms with E-state index in [1.807, 2.05) is 13.1 Å². The van der Waals surface area contributed by atoms with Crippen molar-refractivity contribution >= 4 is 0 Å². The molecular weight excluding hydrogens is 146 g/mol. The third kappa shape index (κ3) is 4.35. The van der Waals surface area contributed by atoms with Crippen LogP contribution in [0.2, 0.25) is 0 Å². The molecule has 0 saturated carbocycles. The molecule has 1 heteroatoms. The van der Waals surface area contributed by atoms with E-state index < -0.39 is 0 Å². The van der Waals surface area contributed by atoms with Crippen LogP contribution in [0, 0.1) is 5.92 Å². The van der Waals surface area contributed by atoms with E-state index in [9.17, 15) is 0 Å². The van der Waals surface area contributed by atoms with Crippen molar-refractivity contribution in [1.82, 2.24) is 5.32 Å². The summed E-state index contributed by atoms with van der Waals surface area (Å²) in [6, 6.07) is 0. The van der Waals surface area contributed by atoms with Crippen LogP contribution >= 0.6 is 0 Å². The fourth-order valence-electron chi connectivity index (χ4n) is 1.31. The summed E-state index contributed by atoms with van der Waals surface area (Å²) in [5.41, 5.74) is 1.37. The van der Waals surface area contributed by atoms with Crippen LogP contribution in [0.4, 0.5) is 0 Å². The molecule has 1 N–H and O–H groups in total.